The Morgan fingerprint density at radius 3 is 2.05 bits per heavy atom. The van der Waals surface area contributed by atoms with Crippen LogP contribution in [-0.2, 0) is 14.4 Å². The second-order valence-corrected chi connectivity index (χ2v) is 4.78. The van der Waals surface area contributed by atoms with Gasteiger partial charge in [-0.3, -0.25) is 14.4 Å². The van der Waals surface area contributed by atoms with Gasteiger partial charge >= 0.3 is 12.0 Å². The number of amides is 4. The molecule has 0 spiro atoms. The van der Waals surface area contributed by atoms with Gasteiger partial charge in [-0.25, -0.2) is 4.79 Å². The molecule has 1 fully saturated rings. The Bertz CT molecular complexity index is 409. The maximum atomic E-state index is 11.9. The van der Waals surface area contributed by atoms with Gasteiger partial charge in [0.15, 0.2) is 0 Å². The van der Waals surface area contributed by atoms with Crippen LogP contribution in [0.15, 0.2) is 0 Å². The summed E-state index contributed by atoms with van der Waals surface area (Å²) in [5, 5.41) is 11.4. The van der Waals surface area contributed by atoms with Gasteiger partial charge in [-0.1, -0.05) is 0 Å². The molecule has 0 aliphatic heterocycles. The lowest BCUT2D eigenvalue weighted by Gasteiger charge is -2.22. The monoisotopic (exact) mass is 286 g/mol. The molecule has 0 aromatic heterocycles. The van der Waals surface area contributed by atoms with Crippen molar-refractivity contribution in [3.8, 4) is 0 Å². The quantitative estimate of drug-likeness (QED) is 0.454. The summed E-state index contributed by atoms with van der Waals surface area (Å²) in [7, 11) is 0. The van der Waals surface area contributed by atoms with Crippen molar-refractivity contribution in [3.05, 3.63) is 0 Å². The van der Waals surface area contributed by atoms with E-state index >= 15 is 0 Å². The molecular formula is C11H18N4O5. The van der Waals surface area contributed by atoms with Gasteiger partial charge in [0.1, 0.15) is 13.1 Å². The third-order valence-electron chi connectivity index (χ3n) is 3.09. The van der Waals surface area contributed by atoms with Crippen LogP contribution >= 0.6 is 0 Å². The maximum Gasteiger partial charge on any atom is 0.318 e. The van der Waals surface area contributed by atoms with E-state index in [9.17, 15) is 19.2 Å². The molecule has 9 nitrogen and oxygen atoms in total. The van der Waals surface area contributed by atoms with Crippen LogP contribution in [0.2, 0.25) is 0 Å². The number of carbonyl (C=O) groups is 4. The Labute approximate surface area is 115 Å². The topological polar surface area (TPSA) is 156 Å². The van der Waals surface area contributed by atoms with Crippen LogP contribution in [-0.4, -0.2) is 53.0 Å². The van der Waals surface area contributed by atoms with Crippen LogP contribution in [0.1, 0.15) is 19.3 Å². The molecule has 112 valence electrons. The van der Waals surface area contributed by atoms with E-state index in [1.54, 1.807) is 0 Å². The Morgan fingerprint density at radius 2 is 1.65 bits per heavy atom. The van der Waals surface area contributed by atoms with Crippen molar-refractivity contribution >= 4 is 23.8 Å². The molecule has 1 rings (SSSR count). The number of primary amides is 2. The van der Waals surface area contributed by atoms with Crippen molar-refractivity contribution in [1.29, 1.82) is 0 Å². The highest BCUT2D eigenvalue weighted by molar-refractivity contribution is 5.87. The number of nitrogens with two attached hydrogens (primary N) is 2. The Kier molecular flexibility index (Phi) is 5.30. The lowest BCUT2D eigenvalue weighted by atomic mass is 10.1. The SMILES string of the molecule is NC(=O)CN(CC(N)=O)C(=O)NC1CCC(C(=O)O)C1. The van der Waals surface area contributed by atoms with Gasteiger partial charge in [-0.05, 0) is 19.3 Å². The van der Waals surface area contributed by atoms with Crippen LogP contribution < -0.4 is 16.8 Å². The smallest absolute Gasteiger partial charge is 0.318 e. The van der Waals surface area contributed by atoms with E-state index in [1.165, 1.54) is 0 Å². The molecule has 0 aromatic rings. The molecule has 0 bridgehead atoms. The highest BCUT2D eigenvalue weighted by Crippen LogP contribution is 2.25. The van der Waals surface area contributed by atoms with Crippen molar-refractivity contribution in [3.63, 3.8) is 0 Å². The van der Waals surface area contributed by atoms with Crippen LogP contribution in [0.5, 0.6) is 0 Å². The molecule has 0 radical (unpaired) electrons. The van der Waals surface area contributed by atoms with E-state index < -0.39 is 42.8 Å². The highest BCUT2D eigenvalue weighted by Gasteiger charge is 2.31. The van der Waals surface area contributed by atoms with E-state index in [0.717, 1.165) is 4.90 Å². The molecule has 20 heavy (non-hydrogen) atoms. The predicted molar refractivity (Wildman–Crippen MR) is 67.3 cm³/mol. The van der Waals surface area contributed by atoms with Crippen LogP contribution in [0.3, 0.4) is 0 Å². The highest BCUT2D eigenvalue weighted by atomic mass is 16.4. The van der Waals surface area contributed by atoms with Crippen molar-refractivity contribution in [2.75, 3.05) is 13.1 Å². The summed E-state index contributed by atoms with van der Waals surface area (Å²) in [6, 6.07) is -0.953. The zero-order chi connectivity index (χ0) is 15.3. The first-order valence-corrected chi connectivity index (χ1v) is 6.14. The van der Waals surface area contributed by atoms with E-state index in [4.69, 9.17) is 16.6 Å². The van der Waals surface area contributed by atoms with Crippen LogP contribution in [0.4, 0.5) is 4.79 Å². The summed E-state index contributed by atoms with van der Waals surface area (Å²) in [4.78, 5) is 45.3. The van der Waals surface area contributed by atoms with Gasteiger partial charge in [0.2, 0.25) is 11.8 Å². The molecule has 1 saturated carbocycles. The fourth-order valence-corrected chi connectivity index (χ4v) is 2.18. The molecule has 1 aliphatic carbocycles. The Morgan fingerprint density at radius 1 is 1.10 bits per heavy atom. The van der Waals surface area contributed by atoms with Gasteiger partial charge < -0.3 is 26.8 Å². The van der Waals surface area contributed by atoms with Crippen molar-refractivity contribution in [2.24, 2.45) is 17.4 Å². The minimum Gasteiger partial charge on any atom is -0.481 e. The largest absolute Gasteiger partial charge is 0.481 e. The number of urea groups is 1. The number of hydrogen-bond acceptors (Lipinski definition) is 4. The number of nitrogens with one attached hydrogen (secondary N) is 1. The third-order valence-corrected chi connectivity index (χ3v) is 3.09. The van der Waals surface area contributed by atoms with Crippen LogP contribution in [0.25, 0.3) is 0 Å². The summed E-state index contributed by atoms with van der Waals surface area (Å²) in [6.07, 6.45) is 1.33. The number of carboxylic acid groups (broad SMARTS) is 1. The molecule has 0 heterocycles. The number of nitrogens with zero attached hydrogens (tertiary/aromatic N) is 1. The number of aliphatic carboxylic acids is 1. The molecule has 6 N–H and O–H groups in total. The molecule has 4 amide bonds. The van der Waals surface area contributed by atoms with E-state index in [2.05, 4.69) is 5.32 Å². The fraction of sp³-hybridized carbons (Fsp3) is 0.636. The first-order valence-electron chi connectivity index (χ1n) is 6.14. The first kappa shape index (κ1) is 15.7. The van der Waals surface area contributed by atoms with Gasteiger partial charge in [0.25, 0.3) is 0 Å². The summed E-state index contributed by atoms with van der Waals surface area (Å²) in [5.41, 5.74) is 9.97. The lowest BCUT2D eigenvalue weighted by molar-refractivity contribution is -0.141. The van der Waals surface area contributed by atoms with E-state index in [0.29, 0.717) is 19.3 Å². The molecule has 2 unspecified atom stereocenters. The molecule has 0 aromatic carbocycles. The first-order chi connectivity index (χ1) is 9.29. The maximum absolute atomic E-state index is 11.9. The average Bonchev–Trinajstić information content (AvgIpc) is 2.75. The summed E-state index contributed by atoms with van der Waals surface area (Å²) in [6.45, 7) is -0.853. The van der Waals surface area contributed by atoms with Crippen molar-refractivity contribution < 1.29 is 24.3 Å². The van der Waals surface area contributed by atoms with Gasteiger partial charge in [0, 0.05) is 6.04 Å². The number of rotatable bonds is 6. The Hall–Kier alpha value is -2.32. The molecule has 2 atom stereocenters. The zero-order valence-corrected chi connectivity index (χ0v) is 10.9. The standard InChI is InChI=1S/C11H18N4O5/c12-8(16)4-15(5-9(13)17)11(20)14-7-2-1-6(3-7)10(18)19/h6-7H,1-5H2,(H2,12,16)(H2,13,17)(H,14,20)(H,18,19). The predicted octanol–water partition coefficient (Wildman–Crippen LogP) is -1.78. The summed E-state index contributed by atoms with van der Waals surface area (Å²) in [5.74, 6) is -2.92. The van der Waals surface area contributed by atoms with Crippen LogP contribution in [0, 0.1) is 5.92 Å². The molecular weight excluding hydrogens is 268 g/mol. The summed E-state index contributed by atoms with van der Waals surface area (Å²) >= 11 is 0. The van der Waals surface area contributed by atoms with Gasteiger partial charge in [-0.2, -0.15) is 0 Å². The number of hydrogen-bond donors (Lipinski definition) is 4. The second-order valence-electron chi connectivity index (χ2n) is 4.78. The second kappa shape index (κ2) is 6.73. The zero-order valence-electron chi connectivity index (χ0n) is 10.9. The molecule has 9 heteroatoms. The van der Waals surface area contributed by atoms with Crippen molar-refractivity contribution in [1.82, 2.24) is 10.2 Å². The molecule has 0 saturated heterocycles. The third kappa shape index (κ3) is 4.75. The summed E-state index contributed by atoms with van der Waals surface area (Å²) < 4.78 is 0. The van der Waals surface area contributed by atoms with E-state index in [-0.39, 0.29) is 6.04 Å². The fourth-order valence-electron chi connectivity index (χ4n) is 2.18. The normalized spacial score (nSPS) is 21.2. The Balaban J connectivity index is 2.55. The van der Waals surface area contributed by atoms with Gasteiger partial charge in [-0.15, -0.1) is 0 Å². The minimum absolute atomic E-state index is 0.299. The van der Waals surface area contributed by atoms with Gasteiger partial charge in [0.05, 0.1) is 5.92 Å². The lowest BCUT2D eigenvalue weighted by Crippen LogP contribution is -2.50. The number of carboxylic acids is 1. The number of carbonyl (C=O) groups excluding carboxylic acids is 3. The van der Waals surface area contributed by atoms with Crippen molar-refractivity contribution in [2.45, 2.75) is 25.3 Å². The molecule has 1 aliphatic rings. The minimum atomic E-state index is -0.895. The average molecular weight is 286 g/mol. The van der Waals surface area contributed by atoms with E-state index in [1.807, 2.05) is 0 Å².